The molecular weight excluding hydrogens is 112 g/mol. The number of hydrogen-bond donors (Lipinski definition) is 0. The van der Waals surface area contributed by atoms with E-state index in [4.69, 9.17) is 4.74 Å². The predicted octanol–water partition coefficient (Wildman–Crippen LogP) is 2.42. The van der Waals surface area contributed by atoms with Crippen molar-refractivity contribution in [2.45, 2.75) is 39.2 Å². The second-order valence-corrected chi connectivity index (χ2v) is 2.39. The molecule has 0 saturated heterocycles. The van der Waals surface area contributed by atoms with Crippen molar-refractivity contribution in [2.75, 3.05) is 6.61 Å². The van der Waals surface area contributed by atoms with E-state index in [1.54, 1.807) is 0 Å². The summed E-state index contributed by atoms with van der Waals surface area (Å²) in [5, 5.41) is 0. The third kappa shape index (κ3) is 7.96. The smallest absolute Gasteiger partial charge is 0.0547 e. The van der Waals surface area contributed by atoms with Crippen molar-refractivity contribution in [1.82, 2.24) is 0 Å². The van der Waals surface area contributed by atoms with Gasteiger partial charge >= 0.3 is 0 Å². The van der Waals surface area contributed by atoms with E-state index in [1.165, 1.54) is 19.3 Å². The largest absolute Gasteiger partial charge is 0.379 e. The molecule has 0 N–H and O–H groups in total. The molecule has 1 heteroatoms. The van der Waals surface area contributed by atoms with Gasteiger partial charge in [0.25, 0.3) is 0 Å². The standard InChI is InChI=1S/C8H17O/c1-4-5-6-7-9-8(2)3/h8H,2,4-7H2,1,3H3. The molecule has 0 aliphatic carbocycles. The van der Waals surface area contributed by atoms with Gasteiger partial charge in [-0.05, 0) is 20.3 Å². The van der Waals surface area contributed by atoms with Crippen LogP contribution in [0.2, 0.25) is 0 Å². The van der Waals surface area contributed by atoms with Gasteiger partial charge in [0, 0.05) is 6.61 Å². The Morgan fingerprint density at radius 1 is 1.44 bits per heavy atom. The SMILES string of the molecule is [CH2]C(C)OCCCCC. The third-order valence-corrected chi connectivity index (χ3v) is 1.15. The second-order valence-electron chi connectivity index (χ2n) is 2.39. The molecule has 55 valence electrons. The molecule has 9 heavy (non-hydrogen) atoms. The molecule has 0 rings (SSSR count). The topological polar surface area (TPSA) is 9.23 Å². The van der Waals surface area contributed by atoms with Crippen LogP contribution >= 0.6 is 0 Å². The zero-order valence-corrected chi connectivity index (χ0v) is 6.52. The fourth-order valence-electron chi connectivity index (χ4n) is 0.637. The number of hydrogen-bond acceptors (Lipinski definition) is 1. The monoisotopic (exact) mass is 129 g/mol. The molecule has 1 atom stereocenters. The summed E-state index contributed by atoms with van der Waals surface area (Å²) in [5.74, 6) is 0. The molecule has 0 bridgehead atoms. The fourth-order valence-corrected chi connectivity index (χ4v) is 0.637. The van der Waals surface area contributed by atoms with Gasteiger partial charge in [0.05, 0.1) is 6.10 Å². The van der Waals surface area contributed by atoms with Gasteiger partial charge in [-0.1, -0.05) is 19.8 Å². The molecule has 0 saturated carbocycles. The third-order valence-electron chi connectivity index (χ3n) is 1.15. The Balaban J connectivity index is 2.75. The van der Waals surface area contributed by atoms with Gasteiger partial charge < -0.3 is 4.74 Å². The molecular formula is C8H17O. The quantitative estimate of drug-likeness (QED) is 0.518. The van der Waals surface area contributed by atoms with Gasteiger partial charge in [-0.3, -0.25) is 0 Å². The highest BCUT2D eigenvalue weighted by molar-refractivity contribution is 4.49. The van der Waals surface area contributed by atoms with Crippen molar-refractivity contribution in [1.29, 1.82) is 0 Å². The molecule has 0 amide bonds. The Kier molecular flexibility index (Phi) is 6.06. The Morgan fingerprint density at radius 3 is 2.56 bits per heavy atom. The Labute approximate surface area is 58.4 Å². The molecule has 1 nitrogen and oxygen atoms in total. The summed E-state index contributed by atoms with van der Waals surface area (Å²) >= 11 is 0. The van der Waals surface area contributed by atoms with E-state index in [0.717, 1.165) is 6.61 Å². The first-order valence-electron chi connectivity index (χ1n) is 3.72. The summed E-state index contributed by atoms with van der Waals surface area (Å²) in [6.45, 7) is 8.74. The van der Waals surface area contributed by atoms with E-state index in [-0.39, 0.29) is 6.10 Å². The fraction of sp³-hybridized carbons (Fsp3) is 0.875. The van der Waals surface area contributed by atoms with E-state index >= 15 is 0 Å². The number of ether oxygens (including phenoxy) is 1. The van der Waals surface area contributed by atoms with E-state index in [1.807, 2.05) is 6.92 Å². The highest BCUT2D eigenvalue weighted by Gasteiger charge is 1.90. The summed E-state index contributed by atoms with van der Waals surface area (Å²) in [5.41, 5.74) is 0. The zero-order valence-electron chi connectivity index (χ0n) is 6.52. The minimum atomic E-state index is 0.154. The molecule has 0 heterocycles. The Morgan fingerprint density at radius 2 is 2.11 bits per heavy atom. The van der Waals surface area contributed by atoms with Crippen LogP contribution in [0.5, 0.6) is 0 Å². The van der Waals surface area contributed by atoms with Crippen LogP contribution in [-0.2, 0) is 4.74 Å². The van der Waals surface area contributed by atoms with Gasteiger partial charge in [-0.15, -0.1) is 0 Å². The lowest BCUT2D eigenvalue weighted by atomic mass is 10.3. The molecule has 0 aromatic heterocycles. The first kappa shape index (κ1) is 8.96. The van der Waals surface area contributed by atoms with Crippen molar-refractivity contribution >= 4 is 0 Å². The average molecular weight is 129 g/mol. The summed E-state index contributed by atoms with van der Waals surface area (Å²) in [4.78, 5) is 0. The van der Waals surface area contributed by atoms with Crippen LogP contribution in [0.15, 0.2) is 0 Å². The summed E-state index contributed by atoms with van der Waals surface area (Å²) < 4.78 is 5.23. The van der Waals surface area contributed by atoms with Gasteiger partial charge in [0.15, 0.2) is 0 Å². The summed E-state index contributed by atoms with van der Waals surface area (Å²) in [6, 6.07) is 0. The Hall–Kier alpha value is -0.0400. The first-order chi connectivity index (χ1) is 4.27. The van der Waals surface area contributed by atoms with E-state index in [0.29, 0.717) is 0 Å². The highest BCUT2D eigenvalue weighted by atomic mass is 16.5. The molecule has 1 unspecified atom stereocenters. The van der Waals surface area contributed by atoms with Crippen molar-refractivity contribution < 1.29 is 4.74 Å². The van der Waals surface area contributed by atoms with E-state index in [2.05, 4.69) is 13.8 Å². The molecule has 0 aromatic carbocycles. The maximum atomic E-state index is 5.23. The molecule has 0 spiro atoms. The van der Waals surface area contributed by atoms with Crippen molar-refractivity contribution in [2.24, 2.45) is 0 Å². The van der Waals surface area contributed by atoms with Gasteiger partial charge in [0.2, 0.25) is 0 Å². The lowest BCUT2D eigenvalue weighted by Crippen LogP contribution is -2.03. The molecule has 0 aromatic rings. The normalized spacial score (nSPS) is 10.7. The van der Waals surface area contributed by atoms with E-state index < -0.39 is 0 Å². The zero-order chi connectivity index (χ0) is 7.11. The highest BCUT2D eigenvalue weighted by Crippen LogP contribution is 1.96. The average Bonchev–Trinajstić information content (AvgIpc) is 1.80. The van der Waals surface area contributed by atoms with Gasteiger partial charge in [-0.25, -0.2) is 0 Å². The molecule has 0 aliphatic heterocycles. The van der Waals surface area contributed by atoms with Crippen LogP contribution < -0.4 is 0 Å². The van der Waals surface area contributed by atoms with E-state index in [9.17, 15) is 0 Å². The van der Waals surface area contributed by atoms with Crippen LogP contribution in [0.1, 0.15) is 33.1 Å². The maximum absolute atomic E-state index is 5.23. The minimum Gasteiger partial charge on any atom is -0.379 e. The summed E-state index contributed by atoms with van der Waals surface area (Å²) in [6.07, 6.45) is 3.86. The maximum Gasteiger partial charge on any atom is 0.0547 e. The van der Waals surface area contributed by atoms with Crippen LogP contribution in [0.4, 0.5) is 0 Å². The van der Waals surface area contributed by atoms with Crippen molar-refractivity contribution in [3.63, 3.8) is 0 Å². The number of rotatable bonds is 5. The van der Waals surface area contributed by atoms with Crippen LogP contribution in [0.3, 0.4) is 0 Å². The Bertz CT molecular complexity index is 50.5. The lowest BCUT2D eigenvalue weighted by Gasteiger charge is -2.05. The van der Waals surface area contributed by atoms with Crippen LogP contribution in [0, 0.1) is 6.92 Å². The van der Waals surface area contributed by atoms with Crippen molar-refractivity contribution in [3.05, 3.63) is 6.92 Å². The number of unbranched alkanes of at least 4 members (excludes halogenated alkanes) is 2. The van der Waals surface area contributed by atoms with Crippen LogP contribution in [-0.4, -0.2) is 12.7 Å². The molecule has 1 radical (unpaired) electrons. The van der Waals surface area contributed by atoms with Gasteiger partial charge in [0.1, 0.15) is 0 Å². The molecule has 0 aliphatic rings. The van der Waals surface area contributed by atoms with Gasteiger partial charge in [-0.2, -0.15) is 0 Å². The minimum absolute atomic E-state index is 0.154. The molecule has 0 fully saturated rings. The second kappa shape index (κ2) is 6.09. The predicted molar refractivity (Wildman–Crippen MR) is 40.3 cm³/mol. The first-order valence-corrected chi connectivity index (χ1v) is 3.72. The van der Waals surface area contributed by atoms with Crippen LogP contribution in [0.25, 0.3) is 0 Å². The lowest BCUT2D eigenvalue weighted by molar-refractivity contribution is 0.0924. The van der Waals surface area contributed by atoms with Crippen molar-refractivity contribution in [3.8, 4) is 0 Å². The summed E-state index contributed by atoms with van der Waals surface area (Å²) in [7, 11) is 0.